The van der Waals surface area contributed by atoms with Crippen LogP contribution < -0.4 is 4.57 Å². The molecule has 1 atom stereocenters. The van der Waals surface area contributed by atoms with E-state index in [1.54, 1.807) is 0 Å². The Morgan fingerprint density at radius 2 is 0.804 bits per heavy atom. The molecule has 0 saturated heterocycles. The molecule has 0 aliphatic carbocycles. The van der Waals surface area contributed by atoms with E-state index in [2.05, 4.69) is 66.1 Å². The molecule has 2 aromatic rings. The fourth-order valence-corrected chi connectivity index (χ4v) is 7.41. The van der Waals surface area contributed by atoms with Crippen LogP contribution in [0.2, 0.25) is 0 Å². The molecular weight excluding hydrogens is 556 g/mol. The van der Waals surface area contributed by atoms with Crippen LogP contribution in [0.25, 0.3) is 0 Å². The summed E-state index contributed by atoms with van der Waals surface area (Å²) in [7, 11) is 0. The number of H-pyrrole nitrogens is 1. The highest BCUT2D eigenvalue weighted by Crippen LogP contribution is 2.26. The molecule has 1 aromatic carbocycles. The topological polar surface area (TPSA) is 19.7 Å². The van der Waals surface area contributed by atoms with E-state index in [-0.39, 0.29) is 0 Å². The second kappa shape index (κ2) is 30.7. The molecule has 0 fully saturated rings. The third kappa shape index (κ3) is 22.1. The van der Waals surface area contributed by atoms with Gasteiger partial charge in [-0.05, 0) is 18.4 Å². The molecule has 0 amide bonds. The van der Waals surface area contributed by atoms with Crippen LogP contribution in [-0.4, -0.2) is 4.98 Å². The Morgan fingerprint density at radius 3 is 1.17 bits per heavy atom. The predicted molar refractivity (Wildman–Crippen MR) is 204 cm³/mol. The molecule has 1 heterocycles. The van der Waals surface area contributed by atoms with Gasteiger partial charge in [0.05, 0.1) is 5.92 Å². The number of hydrogen-bond donors (Lipinski definition) is 1. The zero-order chi connectivity index (χ0) is 32.6. The molecule has 0 saturated carbocycles. The molecule has 1 N–H and O–H groups in total. The lowest BCUT2D eigenvalue weighted by molar-refractivity contribution is -0.695. The minimum atomic E-state index is 0.665. The number of rotatable bonds is 34. The van der Waals surface area contributed by atoms with Gasteiger partial charge in [0.1, 0.15) is 18.9 Å². The van der Waals surface area contributed by atoms with Crippen molar-refractivity contribution < 1.29 is 4.57 Å². The number of aromatic amines is 1. The van der Waals surface area contributed by atoms with Gasteiger partial charge in [-0.1, -0.05) is 230 Å². The summed E-state index contributed by atoms with van der Waals surface area (Å²) in [6, 6.07) is 11.0. The van der Waals surface area contributed by atoms with Gasteiger partial charge < -0.3 is 0 Å². The Balaban J connectivity index is 1.60. The summed E-state index contributed by atoms with van der Waals surface area (Å²) in [5.41, 5.74) is 1.40. The van der Waals surface area contributed by atoms with Crippen molar-refractivity contribution in [1.29, 1.82) is 0 Å². The van der Waals surface area contributed by atoms with E-state index >= 15 is 0 Å². The van der Waals surface area contributed by atoms with Crippen LogP contribution in [0.1, 0.15) is 230 Å². The smallest absolute Gasteiger partial charge is 0.247 e. The molecule has 2 nitrogen and oxygen atoms in total. The number of nitrogens with zero attached hydrogens (tertiary/aromatic N) is 1. The van der Waals surface area contributed by atoms with Gasteiger partial charge in [-0.25, -0.2) is 9.55 Å². The second-order valence-corrected chi connectivity index (χ2v) is 14.8. The third-order valence-corrected chi connectivity index (χ3v) is 10.4. The molecule has 264 valence electrons. The third-order valence-electron chi connectivity index (χ3n) is 10.4. The Kier molecular flexibility index (Phi) is 27.1. The van der Waals surface area contributed by atoms with Crippen molar-refractivity contribution in [2.75, 3.05) is 0 Å². The summed E-state index contributed by atoms with van der Waals surface area (Å²) >= 11 is 0. The van der Waals surface area contributed by atoms with E-state index < -0.39 is 0 Å². The Bertz CT molecular complexity index is 871. The van der Waals surface area contributed by atoms with Crippen LogP contribution in [0.4, 0.5) is 0 Å². The molecule has 1 aromatic heterocycles. The number of aromatic nitrogens is 2. The van der Waals surface area contributed by atoms with Crippen LogP contribution in [0.3, 0.4) is 0 Å². The summed E-state index contributed by atoms with van der Waals surface area (Å²) < 4.78 is 2.50. The summed E-state index contributed by atoms with van der Waals surface area (Å²) in [4.78, 5) is 3.69. The lowest BCUT2D eigenvalue weighted by atomic mass is 9.93. The van der Waals surface area contributed by atoms with Crippen molar-refractivity contribution in [3.63, 3.8) is 0 Å². The number of nitrogens with one attached hydrogen (secondary N) is 1. The first-order valence-corrected chi connectivity index (χ1v) is 21.0. The normalized spacial score (nSPS) is 12.2. The van der Waals surface area contributed by atoms with Gasteiger partial charge in [-0.3, -0.25) is 0 Å². The first kappa shape index (κ1) is 40.6. The molecule has 2 heteroatoms. The lowest BCUT2D eigenvalue weighted by Gasteiger charge is -2.14. The average Bonchev–Trinajstić information content (AvgIpc) is 3.53. The highest BCUT2D eigenvalue weighted by Gasteiger charge is 2.22. The van der Waals surface area contributed by atoms with Crippen molar-refractivity contribution >= 4 is 0 Å². The van der Waals surface area contributed by atoms with Crippen molar-refractivity contribution in [3.8, 4) is 0 Å². The van der Waals surface area contributed by atoms with E-state index in [4.69, 9.17) is 0 Å². The van der Waals surface area contributed by atoms with Crippen molar-refractivity contribution in [3.05, 3.63) is 54.1 Å². The maximum Gasteiger partial charge on any atom is 0.257 e. The SMILES string of the molecule is CCCCCCCCCCCCCCCCCC(CCCCCCCCCCCCCCCC)c1[nH]cc[n+]1Cc1ccccc1. The first-order chi connectivity index (χ1) is 22.8. The number of hydrogen-bond acceptors (Lipinski definition) is 0. The van der Waals surface area contributed by atoms with E-state index in [0.717, 1.165) is 6.54 Å². The Morgan fingerprint density at radius 1 is 0.457 bits per heavy atom. The summed E-state index contributed by atoms with van der Waals surface area (Å²) in [5, 5.41) is 0. The molecule has 0 spiro atoms. The fourth-order valence-electron chi connectivity index (χ4n) is 7.41. The van der Waals surface area contributed by atoms with Gasteiger partial charge >= 0.3 is 0 Å². The quantitative estimate of drug-likeness (QED) is 0.0583. The summed E-state index contributed by atoms with van der Waals surface area (Å²) in [6.07, 6.45) is 48.9. The van der Waals surface area contributed by atoms with Crippen molar-refractivity contribution in [2.24, 2.45) is 0 Å². The fraction of sp³-hybridized carbons (Fsp3) is 0.795. The number of imidazole rings is 1. The Hall–Kier alpha value is -1.57. The van der Waals surface area contributed by atoms with Gasteiger partial charge in [0.2, 0.25) is 0 Å². The predicted octanol–water partition coefficient (Wildman–Crippen LogP) is 14.6. The van der Waals surface area contributed by atoms with Crippen molar-refractivity contribution in [2.45, 2.75) is 225 Å². The van der Waals surface area contributed by atoms with Crippen LogP contribution in [0, 0.1) is 0 Å². The minimum absolute atomic E-state index is 0.665. The van der Waals surface area contributed by atoms with Gasteiger partial charge in [-0.2, -0.15) is 0 Å². The van der Waals surface area contributed by atoms with Gasteiger partial charge in [0.15, 0.2) is 0 Å². The highest BCUT2D eigenvalue weighted by molar-refractivity contribution is 5.13. The molecule has 46 heavy (non-hydrogen) atoms. The number of unbranched alkanes of at least 4 members (excludes halogenated alkanes) is 27. The van der Waals surface area contributed by atoms with Gasteiger partial charge in [0, 0.05) is 0 Å². The van der Waals surface area contributed by atoms with Crippen LogP contribution in [0.5, 0.6) is 0 Å². The molecule has 2 rings (SSSR count). The zero-order valence-corrected chi connectivity index (χ0v) is 31.2. The van der Waals surface area contributed by atoms with E-state index in [1.165, 1.54) is 210 Å². The second-order valence-electron chi connectivity index (χ2n) is 14.8. The lowest BCUT2D eigenvalue weighted by Crippen LogP contribution is -2.38. The molecule has 0 bridgehead atoms. The van der Waals surface area contributed by atoms with E-state index in [9.17, 15) is 0 Å². The summed E-state index contributed by atoms with van der Waals surface area (Å²) in [6.45, 7) is 5.60. The average molecular weight is 636 g/mol. The highest BCUT2D eigenvalue weighted by atomic mass is 15.1. The Labute approximate surface area is 288 Å². The minimum Gasteiger partial charge on any atom is -0.247 e. The monoisotopic (exact) mass is 636 g/mol. The molecule has 1 unspecified atom stereocenters. The van der Waals surface area contributed by atoms with Gasteiger partial charge in [-0.15, -0.1) is 0 Å². The van der Waals surface area contributed by atoms with Gasteiger partial charge in [0.25, 0.3) is 5.82 Å². The van der Waals surface area contributed by atoms with Crippen LogP contribution in [0.15, 0.2) is 42.7 Å². The molecule has 0 aliphatic heterocycles. The van der Waals surface area contributed by atoms with Crippen molar-refractivity contribution in [1.82, 2.24) is 4.98 Å². The standard InChI is InChI=1S/C44H78N2/c1-3-5-7-9-11-13-15-17-19-21-23-25-27-29-34-38-43(44-45-39-40-46(44)41-42-35-31-30-32-36-42)37-33-28-26-24-22-20-18-16-14-12-10-8-6-4-2/h30-32,35-36,39-40,43H,3-29,33-34,37-38,41H2,1-2H3/p+1. The largest absolute Gasteiger partial charge is 0.257 e. The first-order valence-electron chi connectivity index (χ1n) is 21.0. The van der Waals surface area contributed by atoms with Crippen LogP contribution >= 0.6 is 0 Å². The van der Waals surface area contributed by atoms with E-state index in [0.29, 0.717) is 5.92 Å². The molecular formula is C44H79N2+. The van der Waals surface area contributed by atoms with E-state index in [1.807, 2.05) is 0 Å². The summed E-state index contributed by atoms with van der Waals surface area (Å²) in [5.74, 6) is 2.13. The van der Waals surface area contributed by atoms with Crippen LogP contribution in [-0.2, 0) is 6.54 Å². The molecule has 0 radical (unpaired) electrons. The maximum atomic E-state index is 3.69. The number of benzene rings is 1. The maximum absolute atomic E-state index is 3.69. The zero-order valence-electron chi connectivity index (χ0n) is 31.2. The molecule has 0 aliphatic rings.